The number of hydrazone groups is 1. The molecule has 3 atom stereocenters. The minimum absolute atomic E-state index is 0.196. The highest BCUT2D eigenvalue weighted by Gasteiger charge is 2.48. The van der Waals surface area contributed by atoms with E-state index in [4.69, 9.17) is 0 Å². The van der Waals surface area contributed by atoms with Crippen LogP contribution in [0.1, 0.15) is 30.7 Å². The fourth-order valence-corrected chi connectivity index (χ4v) is 3.85. The van der Waals surface area contributed by atoms with Gasteiger partial charge in [-0.2, -0.15) is 5.10 Å². The molecular formula is C18H21F2N3O. The Bertz CT molecular complexity index is 687. The Balaban J connectivity index is 1.49. The maximum atomic E-state index is 13.1. The number of benzene rings is 1. The fraction of sp³-hybridized carbons (Fsp3) is 0.556. The molecule has 24 heavy (non-hydrogen) atoms. The smallest absolute Gasteiger partial charge is 0.279 e. The molecule has 4 rings (SSSR count). The predicted octanol–water partition coefficient (Wildman–Crippen LogP) is 3.32. The molecule has 0 aromatic heterocycles. The van der Waals surface area contributed by atoms with Crippen molar-refractivity contribution in [3.63, 3.8) is 0 Å². The standard InChI is InChI=1S/C18H21F2N3O/c1-23-9-14(16(22-23)17(19)20)18(24)21-15-5-3-2-4-11(15)13-8-12(13)10-6-7-10/h2-5,10,12-14,17H,6-9H2,1H3,(H,21,24)/t12-,13+,14?/m0/s1. The average molecular weight is 333 g/mol. The summed E-state index contributed by atoms with van der Waals surface area (Å²) in [6, 6.07) is 7.76. The molecule has 6 heteroatoms. The number of anilines is 1. The van der Waals surface area contributed by atoms with Gasteiger partial charge in [-0.05, 0) is 48.6 Å². The van der Waals surface area contributed by atoms with Gasteiger partial charge in [0.1, 0.15) is 11.6 Å². The molecule has 2 fully saturated rings. The lowest BCUT2D eigenvalue weighted by atomic mass is 10.0. The number of alkyl halides is 2. The maximum absolute atomic E-state index is 13.1. The highest BCUT2D eigenvalue weighted by molar-refractivity contribution is 6.11. The zero-order valence-corrected chi connectivity index (χ0v) is 13.6. The van der Waals surface area contributed by atoms with E-state index in [1.165, 1.54) is 24.3 Å². The van der Waals surface area contributed by atoms with Gasteiger partial charge in [-0.15, -0.1) is 0 Å². The van der Waals surface area contributed by atoms with Crippen LogP contribution < -0.4 is 5.32 Å². The SMILES string of the molecule is CN1CC(C(=O)Nc2ccccc2[C@H]2C[C@H]2C2CC2)C(C(F)F)=N1. The molecule has 4 nitrogen and oxygen atoms in total. The van der Waals surface area contributed by atoms with E-state index in [9.17, 15) is 13.6 Å². The van der Waals surface area contributed by atoms with Crippen LogP contribution in [0.4, 0.5) is 14.5 Å². The van der Waals surface area contributed by atoms with Gasteiger partial charge in [0.15, 0.2) is 0 Å². The number of hydrogen-bond donors (Lipinski definition) is 1. The van der Waals surface area contributed by atoms with E-state index >= 15 is 0 Å². The van der Waals surface area contributed by atoms with E-state index in [2.05, 4.69) is 10.4 Å². The summed E-state index contributed by atoms with van der Waals surface area (Å²) in [4.78, 5) is 12.5. The van der Waals surface area contributed by atoms with Gasteiger partial charge in [0, 0.05) is 12.7 Å². The number of halogens is 2. The van der Waals surface area contributed by atoms with Crippen molar-refractivity contribution in [2.75, 3.05) is 18.9 Å². The molecule has 0 spiro atoms. The largest absolute Gasteiger partial charge is 0.325 e. The van der Waals surface area contributed by atoms with Crippen molar-refractivity contribution in [1.82, 2.24) is 5.01 Å². The summed E-state index contributed by atoms with van der Waals surface area (Å²) in [5, 5.41) is 8.07. The highest BCUT2D eigenvalue weighted by atomic mass is 19.3. The van der Waals surface area contributed by atoms with Crippen molar-refractivity contribution >= 4 is 17.3 Å². The minimum atomic E-state index is -2.70. The first kappa shape index (κ1) is 15.5. The number of nitrogens with zero attached hydrogens (tertiary/aromatic N) is 2. The molecule has 1 aromatic carbocycles. The van der Waals surface area contributed by atoms with Crippen LogP contribution in [0.15, 0.2) is 29.4 Å². The first-order chi connectivity index (χ1) is 11.5. The molecule has 1 unspecified atom stereocenters. The molecule has 0 radical (unpaired) electrons. The van der Waals surface area contributed by atoms with Crippen molar-refractivity contribution in [3.8, 4) is 0 Å². The normalized spacial score (nSPS) is 28.9. The second-order valence-electron chi connectivity index (χ2n) is 7.14. The van der Waals surface area contributed by atoms with Gasteiger partial charge in [-0.1, -0.05) is 18.2 Å². The summed E-state index contributed by atoms with van der Waals surface area (Å²) in [6.07, 6.45) is 1.10. The molecule has 0 saturated heterocycles. The topological polar surface area (TPSA) is 44.7 Å². The molecule has 128 valence electrons. The van der Waals surface area contributed by atoms with Gasteiger partial charge in [0.2, 0.25) is 5.91 Å². The van der Waals surface area contributed by atoms with Gasteiger partial charge in [-0.3, -0.25) is 9.80 Å². The molecule has 2 saturated carbocycles. The van der Waals surface area contributed by atoms with Gasteiger partial charge < -0.3 is 5.32 Å². The third kappa shape index (κ3) is 2.89. The van der Waals surface area contributed by atoms with Crippen LogP contribution in [0.5, 0.6) is 0 Å². The van der Waals surface area contributed by atoms with E-state index < -0.39 is 18.3 Å². The number of hydrogen-bond acceptors (Lipinski definition) is 3. The Morgan fingerprint density at radius 2 is 2.08 bits per heavy atom. The number of carbonyl (C=O) groups is 1. The number of carbonyl (C=O) groups excluding carboxylic acids is 1. The van der Waals surface area contributed by atoms with E-state index in [0.29, 0.717) is 5.92 Å². The minimum Gasteiger partial charge on any atom is -0.325 e. The van der Waals surface area contributed by atoms with Crippen LogP contribution in [-0.2, 0) is 4.79 Å². The Hall–Kier alpha value is -1.98. The Labute approximate surface area is 139 Å². The van der Waals surface area contributed by atoms with Crippen molar-refractivity contribution in [2.45, 2.75) is 31.6 Å². The molecule has 1 amide bonds. The molecule has 1 heterocycles. The average Bonchev–Trinajstić information content (AvgIpc) is 3.44. The summed E-state index contributed by atoms with van der Waals surface area (Å²) >= 11 is 0. The number of para-hydroxylation sites is 1. The lowest BCUT2D eigenvalue weighted by molar-refractivity contribution is -0.118. The van der Waals surface area contributed by atoms with Crippen LogP contribution in [0, 0.1) is 17.8 Å². The zero-order valence-electron chi connectivity index (χ0n) is 13.6. The molecular weight excluding hydrogens is 312 g/mol. The van der Waals surface area contributed by atoms with Crippen LogP contribution in [-0.4, -0.2) is 36.6 Å². The summed E-state index contributed by atoms with van der Waals surface area (Å²) in [6.45, 7) is 0.196. The first-order valence-corrected chi connectivity index (χ1v) is 8.52. The number of rotatable bonds is 5. The van der Waals surface area contributed by atoms with Crippen LogP contribution in [0.2, 0.25) is 0 Å². The van der Waals surface area contributed by atoms with Crippen molar-refractivity contribution < 1.29 is 13.6 Å². The Morgan fingerprint density at radius 1 is 1.33 bits per heavy atom. The van der Waals surface area contributed by atoms with E-state index in [-0.39, 0.29) is 12.3 Å². The quantitative estimate of drug-likeness (QED) is 0.898. The van der Waals surface area contributed by atoms with Crippen molar-refractivity contribution in [1.29, 1.82) is 0 Å². The Kier molecular flexibility index (Phi) is 3.77. The van der Waals surface area contributed by atoms with Crippen LogP contribution >= 0.6 is 0 Å². The van der Waals surface area contributed by atoms with Gasteiger partial charge >= 0.3 is 0 Å². The third-order valence-electron chi connectivity index (χ3n) is 5.32. The summed E-state index contributed by atoms with van der Waals surface area (Å²) in [7, 11) is 1.61. The monoisotopic (exact) mass is 333 g/mol. The second kappa shape index (κ2) is 5.83. The number of amides is 1. The molecule has 3 aliphatic rings. The molecule has 1 aromatic rings. The molecule has 0 bridgehead atoms. The fourth-order valence-electron chi connectivity index (χ4n) is 3.85. The first-order valence-electron chi connectivity index (χ1n) is 8.52. The van der Waals surface area contributed by atoms with Crippen LogP contribution in [0.3, 0.4) is 0 Å². The highest BCUT2D eigenvalue weighted by Crippen LogP contribution is 2.60. The van der Waals surface area contributed by atoms with Gasteiger partial charge in [0.25, 0.3) is 6.43 Å². The molecule has 1 N–H and O–H groups in total. The zero-order chi connectivity index (χ0) is 16.8. The molecule has 1 aliphatic heterocycles. The van der Waals surface area contributed by atoms with Crippen LogP contribution in [0.25, 0.3) is 0 Å². The summed E-state index contributed by atoms with van der Waals surface area (Å²) in [5.74, 6) is 0.804. The van der Waals surface area contributed by atoms with Crippen molar-refractivity contribution in [2.24, 2.45) is 22.9 Å². The van der Waals surface area contributed by atoms with E-state index in [0.717, 1.165) is 23.1 Å². The van der Waals surface area contributed by atoms with E-state index in [1.807, 2.05) is 24.3 Å². The van der Waals surface area contributed by atoms with Crippen molar-refractivity contribution in [3.05, 3.63) is 29.8 Å². The summed E-state index contributed by atoms with van der Waals surface area (Å²) < 4.78 is 26.2. The third-order valence-corrected chi connectivity index (χ3v) is 5.32. The lowest BCUT2D eigenvalue weighted by Gasteiger charge is -2.16. The second-order valence-corrected chi connectivity index (χ2v) is 7.14. The predicted molar refractivity (Wildman–Crippen MR) is 88.2 cm³/mol. The molecule has 2 aliphatic carbocycles. The maximum Gasteiger partial charge on any atom is 0.279 e. The Morgan fingerprint density at radius 3 is 2.79 bits per heavy atom. The van der Waals surface area contributed by atoms with Gasteiger partial charge in [-0.25, -0.2) is 8.78 Å². The number of nitrogens with one attached hydrogen (secondary N) is 1. The summed E-state index contributed by atoms with van der Waals surface area (Å²) in [5.41, 5.74) is 1.57. The van der Waals surface area contributed by atoms with E-state index in [1.54, 1.807) is 7.05 Å². The lowest BCUT2D eigenvalue weighted by Crippen LogP contribution is -2.34. The van der Waals surface area contributed by atoms with Gasteiger partial charge in [0.05, 0.1) is 6.54 Å².